The summed E-state index contributed by atoms with van der Waals surface area (Å²) in [7, 11) is 0. The van der Waals surface area contributed by atoms with Gasteiger partial charge in [0.05, 0.1) is 18.1 Å². The Kier molecular flexibility index (Phi) is 5.82. The van der Waals surface area contributed by atoms with Crippen LogP contribution in [-0.2, 0) is 16.0 Å². The second-order valence-electron chi connectivity index (χ2n) is 7.32. The third kappa shape index (κ3) is 4.79. The van der Waals surface area contributed by atoms with Gasteiger partial charge in [0.25, 0.3) is 0 Å². The van der Waals surface area contributed by atoms with E-state index in [9.17, 15) is 4.79 Å². The molecule has 23 heavy (non-hydrogen) atoms. The van der Waals surface area contributed by atoms with Crippen LogP contribution in [0.3, 0.4) is 0 Å². The first-order chi connectivity index (χ1) is 10.8. The molecule has 1 heterocycles. The van der Waals surface area contributed by atoms with Crippen molar-refractivity contribution in [3.63, 3.8) is 0 Å². The minimum Gasteiger partial charge on any atom is -0.396 e. The molecule has 0 aromatic heterocycles. The molecule has 1 aromatic carbocycles. The predicted octanol–water partition coefficient (Wildman–Crippen LogP) is 2.74. The number of benzene rings is 1. The van der Waals surface area contributed by atoms with Crippen LogP contribution >= 0.6 is 0 Å². The summed E-state index contributed by atoms with van der Waals surface area (Å²) < 4.78 is 5.95. The highest BCUT2D eigenvalue weighted by Gasteiger charge is 2.35. The maximum Gasteiger partial charge on any atom is 0.227 e. The van der Waals surface area contributed by atoms with Gasteiger partial charge in [-0.05, 0) is 37.3 Å². The highest BCUT2D eigenvalue weighted by molar-refractivity contribution is 5.79. The van der Waals surface area contributed by atoms with Crippen molar-refractivity contribution in [2.45, 2.75) is 58.2 Å². The number of hydrogen-bond acceptors (Lipinski definition) is 3. The summed E-state index contributed by atoms with van der Waals surface area (Å²) in [5.74, 6) is 0.541. The Morgan fingerprint density at radius 1 is 1.39 bits per heavy atom. The molecule has 1 amide bonds. The normalized spacial score (nSPS) is 20.8. The molecule has 4 nitrogen and oxygen atoms in total. The predicted molar refractivity (Wildman–Crippen MR) is 91.5 cm³/mol. The Labute approximate surface area is 139 Å². The van der Waals surface area contributed by atoms with Gasteiger partial charge in [-0.15, -0.1) is 0 Å². The highest BCUT2D eigenvalue weighted by atomic mass is 16.5. The van der Waals surface area contributed by atoms with E-state index in [0.29, 0.717) is 31.8 Å². The number of rotatable bonds is 5. The van der Waals surface area contributed by atoms with Crippen molar-refractivity contribution in [3.05, 3.63) is 35.4 Å². The fourth-order valence-corrected chi connectivity index (χ4v) is 3.31. The van der Waals surface area contributed by atoms with Crippen LogP contribution in [-0.4, -0.2) is 47.3 Å². The molecule has 1 saturated heterocycles. The lowest BCUT2D eigenvalue weighted by Gasteiger charge is -2.43. The third-order valence-electron chi connectivity index (χ3n) is 4.30. The Hall–Kier alpha value is -1.39. The number of morpholine rings is 1. The molecule has 1 aromatic rings. The quantitative estimate of drug-likeness (QED) is 0.908. The van der Waals surface area contributed by atoms with E-state index >= 15 is 0 Å². The minimum atomic E-state index is -0.370. The molecule has 0 radical (unpaired) electrons. The van der Waals surface area contributed by atoms with E-state index in [1.165, 1.54) is 5.56 Å². The summed E-state index contributed by atoms with van der Waals surface area (Å²) in [6.45, 7) is 9.54. The Balaban J connectivity index is 2.11. The summed E-state index contributed by atoms with van der Waals surface area (Å²) >= 11 is 0. The van der Waals surface area contributed by atoms with E-state index in [2.05, 4.69) is 19.9 Å². The smallest absolute Gasteiger partial charge is 0.227 e. The van der Waals surface area contributed by atoms with Gasteiger partial charge in [0.2, 0.25) is 5.91 Å². The van der Waals surface area contributed by atoms with E-state index in [1.807, 2.05) is 36.9 Å². The van der Waals surface area contributed by atoms with Gasteiger partial charge < -0.3 is 14.7 Å². The second-order valence-corrected chi connectivity index (χ2v) is 7.32. The molecule has 4 heteroatoms. The van der Waals surface area contributed by atoms with E-state index in [1.54, 1.807) is 0 Å². The lowest BCUT2D eigenvalue weighted by molar-refractivity contribution is -0.162. The molecule has 0 bridgehead atoms. The van der Waals surface area contributed by atoms with Crippen LogP contribution in [0.1, 0.15) is 51.2 Å². The van der Waals surface area contributed by atoms with Gasteiger partial charge in [-0.25, -0.2) is 0 Å². The average Bonchev–Trinajstić information content (AvgIpc) is 2.46. The number of carbonyl (C=O) groups is 1. The molecular weight excluding hydrogens is 290 g/mol. The molecule has 1 fully saturated rings. The van der Waals surface area contributed by atoms with Crippen LogP contribution in [0, 0.1) is 0 Å². The molecule has 128 valence electrons. The van der Waals surface area contributed by atoms with Gasteiger partial charge in [0.15, 0.2) is 0 Å². The second kappa shape index (κ2) is 7.45. The minimum absolute atomic E-state index is 0.0823. The first-order valence-electron chi connectivity index (χ1n) is 8.46. The lowest BCUT2D eigenvalue weighted by Crippen LogP contribution is -2.55. The average molecular weight is 319 g/mol. The SMILES string of the molecule is CC(C)c1ccccc1CC(=O)N1CC(CCO)OC(C)(C)C1. The highest BCUT2D eigenvalue weighted by Crippen LogP contribution is 2.25. The number of hydrogen-bond donors (Lipinski definition) is 1. The van der Waals surface area contributed by atoms with Crippen LogP contribution < -0.4 is 0 Å². The fourth-order valence-electron chi connectivity index (χ4n) is 3.31. The Morgan fingerprint density at radius 3 is 2.74 bits per heavy atom. The summed E-state index contributed by atoms with van der Waals surface area (Å²) in [4.78, 5) is 14.7. The van der Waals surface area contributed by atoms with Gasteiger partial charge in [0, 0.05) is 19.7 Å². The Bertz CT molecular complexity index is 539. The van der Waals surface area contributed by atoms with Crippen LogP contribution in [0.2, 0.25) is 0 Å². The number of aliphatic hydroxyl groups excluding tert-OH is 1. The van der Waals surface area contributed by atoms with Crippen molar-refractivity contribution in [3.8, 4) is 0 Å². The van der Waals surface area contributed by atoms with Crippen LogP contribution in [0.4, 0.5) is 0 Å². The van der Waals surface area contributed by atoms with E-state index in [0.717, 1.165) is 5.56 Å². The third-order valence-corrected chi connectivity index (χ3v) is 4.30. The number of carbonyl (C=O) groups excluding carboxylic acids is 1. The molecule has 1 unspecified atom stereocenters. The fraction of sp³-hybridized carbons (Fsp3) is 0.632. The van der Waals surface area contributed by atoms with Crippen molar-refractivity contribution in [1.82, 2.24) is 4.90 Å². The largest absolute Gasteiger partial charge is 0.396 e. The van der Waals surface area contributed by atoms with E-state index in [-0.39, 0.29) is 24.2 Å². The van der Waals surface area contributed by atoms with Crippen molar-refractivity contribution in [2.24, 2.45) is 0 Å². The number of ether oxygens (including phenoxy) is 1. The van der Waals surface area contributed by atoms with E-state index < -0.39 is 0 Å². The van der Waals surface area contributed by atoms with Gasteiger partial charge in [0.1, 0.15) is 0 Å². The molecule has 0 saturated carbocycles. The molecule has 1 aliphatic rings. The summed E-state index contributed by atoms with van der Waals surface area (Å²) in [5.41, 5.74) is 1.97. The van der Waals surface area contributed by atoms with Gasteiger partial charge >= 0.3 is 0 Å². The van der Waals surface area contributed by atoms with Gasteiger partial charge in [-0.1, -0.05) is 38.1 Å². The zero-order valence-electron chi connectivity index (χ0n) is 14.7. The standard InChI is InChI=1S/C19H29NO3/c1-14(2)17-8-6-5-7-15(17)11-18(22)20-12-16(9-10-21)23-19(3,4)13-20/h5-8,14,16,21H,9-13H2,1-4H3. The van der Waals surface area contributed by atoms with Crippen LogP contribution in [0.15, 0.2) is 24.3 Å². The molecular formula is C19H29NO3. The van der Waals surface area contributed by atoms with Crippen LogP contribution in [0.25, 0.3) is 0 Å². The Morgan fingerprint density at radius 2 is 2.09 bits per heavy atom. The molecule has 1 atom stereocenters. The number of nitrogens with zero attached hydrogens (tertiary/aromatic N) is 1. The van der Waals surface area contributed by atoms with Crippen LogP contribution in [0.5, 0.6) is 0 Å². The molecule has 2 rings (SSSR count). The first kappa shape index (κ1) is 18.0. The zero-order valence-corrected chi connectivity index (χ0v) is 14.7. The topological polar surface area (TPSA) is 49.8 Å². The summed E-state index contributed by atoms with van der Waals surface area (Å²) in [6, 6.07) is 8.17. The van der Waals surface area contributed by atoms with Crippen molar-refractivity contribution in [1.29, 1.82) is 0 Å². The molecule has 1 N–H and O–H groups in total. The van der Waals surface area contributed by atoms with Gasteiger partial charge in [-0.2, -0.15) is 0 Å². The maximum atomic E-state index is 12.8. The van der Waals surface area contributed by atoms with Crippen molar-refractivity contribution in [2.75, 3.05) is 19.7 Å². The number of amides is 1. The molecule has 0 spiro atoms. The molecule has 1 aliphatic heterocycles. The van der Waals surface area contributed by atoms with Crippen molar-refractivity contribution >= 4 is 5.91 Å². The monoisotopic (exact) mass is 319 g/mol. The summed E-state index contributed by atoms with van der Waals surface area (Å²) in [5, 5.41) is 9.16. The first-order valence-corrected chi connectivity index (χ1v) is 8.46. The van der Waals surface area contributed by atoms with E-state index in [4.69, 9.17) is 9.84 Å². The van der Waals surface area contributed by atoms with Crippen molar-refractivity contribution < 1.29 is 14.6 Å². The lowest BCUT2D eigenvalue weighted by atomic mass is 9.94. The van der Waals surface area contributed by atoms with Gasteiger partial charge in [-0.3, -0.25) is 4.79 Å². The molecule has 0 aliphatic carbocycles. The number of aliphatic hydroxyl groups is 1. The zero-order chi connectivity index (χ0) is 17.0. The summed E-state index contributed by atoms with van der Waals surface area (Å²) in [6.07, 6.45) is 0.902. The maximum absolute atomic E-state index is 12.8.